The minimum atomic E-state index is -0.0857. The summed E-state index contributed by atoms with van der Waals surface area (Å²) in [5.41, 5.74) is 18.2. The fraction of sp³-hybridized carbons (Fsp3) is 0.171. The molecule has 0 unspecified atom stereocenters. The zero-order chi connectivity index (χ0) is 49.7. The van der Waals surface area contributed by atoms with Crippen molar-refractivity contribution in [1.82, 2.24) is 4.57 Å². The molecular formula is C70H62N2. The van der Waals surface area contributed by atoms with E-state index in [1.807, 2.05) is 0 Å². The largest absolute Gasteiger partial charge is 0.309 e. The summed E-state index contributed by atoms with van der Waals surface area (Å²) < 4.78 is 2.47. The Hall–Kier alpha value is -7.94. The highest BCUT2D eigenvalue weighted by Gasteiger charge is 2.26. The van der Waals surface area contributed by atoms with E-state index < -0.39 is 0 Å². The quantitative estimate of drug-likeness (QED) is 0.145. The number of fused-ring (bicyclic) bond motifs is 3. The first-order chi connectivity index (χ1) is 34.6. The van der Waals surface area contributed by atoms with Gasteiger partial charge in [0.1, 0.15) is 0 Å². The van der Waals surface area contributed by atoms with Crippen LogP contribution in [0.25, 0.3) is 93.2 Å². The molecule has 0 saturated carbocycles. The maximum atomic E-state index is 2.55. The smallest absolute Gasteiger partial charge is 0.0543 e. The summed E-state index contributed by atoms with van der Waals surface area (Å²) in [6.45, 7) is 20.6. The van der Waals surface area contributed by atoms with E-state index in [1.54, 1.807) is 0 Å². The molecule has 1 aromatic heterocycles. The predicted octanol–water partition coefficient (Wildman–Crippen LogP) is 20.0. The molecule has 11 aromatic carbocycles. The first kappa shape index (κ1) is 45.2. The lowest BCUT2D eigenvalue weighted by atomic mass is 9.84. The minimum Gasteiger partial charge on any atom is -0.309 e. The summed E-state index contributed by atoms with van der Waals surface area (Å²) >= 11 is 0. The van der Waals surface area contributed by atoms with Gasteiger partial charge in [-0.05, 0) is 125 Å². The number of rotatable bonds is 7. The van der Waals surface area contributed by atoms with Crippen LogP contribution < -0.4 is 4.90 Å². The Labute approximate surface area is 425 Å². The van der Waals surface area contributed by atoms with Crippen LogP contribution in [0, 0.1) is 0 Å². The van der Waals surface area contributed by atoms with Crippen molar-refractivity contribution < 1.29 is 0 Å². The van der Waals surface area contributed by atoms with Gasteiger partial charge >= 0.3 is 0 Å². The van der Waals surface area contributed by atoms with Crippen molar-refractivity contribution in [3.05, 3.63) is 229 Å². The highest BCUT2D eigenvalue weighted by Crippen LogP contribution is 2.49. The number of nitrogens with zero attached hydrogens (tertiary/aromatic N) is 2. The summed E-state index contributed by atoms with van der Waals surface area (Å²) in [5, 5.41) is 10.0. The van der Waals surface area contributed by atoms with E-state index in [0.29, 0.717) is 0 Å². The molecule has 12 rings (SSSR count). The zero-order valence-corrected chi connectivity index (χ0v) is 43.1. The highest BCUT2D eigenvalue weighted by molar-refractivity contribution is 6.27. The lowest BCUT2D eigenvalue weighted by molar-refractivity contribution is 0.590. The van der Waals surface area contributed by atoms with Crippen molar-refractivity contribution in [2.75, 3.05) is 4.90 Å². The summed E-state index contributed by atoms with van der Waals surface area (Å²) in [4.78, 5) is 2.55. The Morgan fingerprint density at radius 2 is 0.792 bits per heavy atom. The van der Waals surface area contributed by atoms with Crippen molar-refractivity contribution in [1.29, 1.82) is 0 Å². The Bertz CT molecular complexity index is 3940. The molecule has 1 heterocycles. The average Bonchev–Trinajstić information content (AvgIpc) is 3.72. The van der Waals surface area contributed by atoms with E-state index in [9.17, 15) is 0 Å². The molecule has 0 aliphatic rings. The lowest BCUT2D eigenvalue weighted by Crippen LogP contribution is -2.16. The molecule has 72 heavy (non-hydrogen) atoms. The first-order valence-corrected chi connectivity index (χ1v) is 25.7. The van der Waals surface area contributed by atoms with E-state index in [-0.39, 0.29) is 16.2 Å². The number of aromatic nitrogens is 1. The topological polar surface area (TPSA) is 8.17 Å². The third kappa shape index (κ3) is 7.73. The molecule has 0 aliphatic carbocycles. The molecule has 0 saturated heterocycles. The third-order valence-corrected chi connectivity index (χ3v) is 15.3. The van der Waals surface area contributed by atoms with E-state index in [0.717, 1.165) is 17.1 Å². The maximum absolute atomic E-state index is 2.55. The molecule has 0 radical (unpaired) electrons. The van der Waals surface area contributed by atoms with Crippen LogP contribution in [-0.4, -0.2) is 4.57 Å². The van der Waals surface area contributed by atoms with Crippen molar-refractivity contribution in [3.8, 4) is 39.1 Å². The number of anilines is 3. The van der Waals surface area contributed by atoms with Gasteiger partial charge in [0.2, 0.25) is 0 Å². The molecule has 0 amide bonds. The fourth-order valence-electron chi connectivity index (χ4n) is 11.2. The van der Waals surface area contributed by atoms with Gasteiger partial charge in [0, 0.05) is 32.8 Å². The van der Waals surface area contributed by atoms with E-state index in [2.05, 4.69) is 284 Å². The molecule has 0 fully saturated rings. The second-order valence-corrected chi connectivity index (χ2v) is 23.1. The second-order valence-electron chi connectivity index (χ2n) is 23.1. The van der Waals surface area contributed by atoms with Crippen LogP contribution in [-0.2, 0) is 16.2 Å². The highest BCUT2D eigenvalue weighted by atomic mass is 15.1. The Morgan fingerprint density at radius 1 is 0.319 bits per heavy atom. The molecule has 2 nitrogen and oxygen atoms in total. The van der Waals surface area contributed by atoms with Gasteiger partial charge in [-0.15, -0.1) is 0 Å². The monoisotopic (exact) mass is 930 g/mol. The van der Waals surface area contributed by atoms with Crippen LogP contribution in [0.15, 0.2) is 212 Å². The SMILES string of the molecule is CC(C)(C)c1ccc(-c2ccc(-c3cccc(N(c4cc(C(C)(C)C)ccc4-c4ccc(C(C)(C)C)cc4)c4ccc5ccc6c(-n7c8ccccc8c8ccccc87)ccc7ccc4c5c76)c3)cc2)cc1. The molecule has 0 N–H and O–H groups in total. The van der Waals surface area contributed by atoms with Gasteiger partial charge in [0.15, 0.2) is 0 Å². The van der Waals surface area contributed by atoms with E-state index in [4.69, 9.17) is 0 Å². The molecular weight excluding hydrogens is 869 g/mol. The maximum Gasteiger partial charge on any atom is 0.0543 e. The van der Waals surface area contributed by atoms with Crippen molar-refractivity contribution >= 4 is 71.2 Å². The number of para-hydroxylation sites is 2. The van der Waals surface area contributed by atoms with Crippen molar-refractivity contribution in [2.45, 2.75) is 78.6 Å². The van der Waals surface area contributed by atoms with Crippen LogP contribution in [0.5, 0.6) is 0 Å². The summed E-state index contributed by atoms with van der Waals surface area (Å²) in [6, 6.07) is 80.2. The summed E-state index contributed by atoms with van der Waals surface area (Å²) in [5.74, 6) is 0. The van der Waals surface area contributed by atoms with Crippen LogP contribution in [0.4, 0.5) is 17.1 Å². The first-order valence-electron chi connectivity index (χ1n) is 25.7. The van der Waals surface area contributed by atoms with Crippen LogP contribution in [0.3, 0.4) is 0 Å². The second kappa shape index (κ2) is 16.8. The van der Waals surface area contributed by atoms with Gasteiger partial charge in [-0.2, -0.15) is 0 Å². The number of hydrogen-bond donors (Lipinski definition) is 0. The third-order valence-electron chi connectivity index (χ3n) is 15.3. The fourth-order valence-corrected chi connectivity index (χ4v) is 11.2. The molecule has 352 valence electrons. The van der Waals surface area contributed by atoms with Gasteiger partial charge in [0.25, 0.3) is 0 Å². The molecule has 0 atom stereocenters. The summed E-state index contributed by atoms with van der Waals surface area (Å²) in [6.07, 6.45) is 0. The van der Waals surface area contributed by atoms with Crippen molar-refractivity contribution in [3.63, 3.8) is 0 Å². The van der Waals surface area contributed by atoms with Gasteiger partial charge < -0.3 is 9.47 Å². The normalized spacial score (nSPS) is 12.5. The minimum absolute atomic E-state index is 0.0438. The zero-order valence-electron chi connectivity index (χ0n) is 43.1. The standard InChI is InChI=1S/C70H62N2/c1-68(2,3)52-33-25-46(26-34-52)45-21-23-47(24-22-45)51-15-14-16-55(43-51)71(65-44-54(70(7,8)9)37-40-56(65)48-27-35-53(36-28-48)69(4,5)6)63-41-31-49-30-39-60-64(42-32-50-29-38-59(63)66(49)67(50)60)72-61-19-12-10-17-57(61)58-18-11-13-20-62(58)72/h10-44H,1-9H3. The Morgan fingerprint density at radius 3 is 1.38 bits per heavy atom. The molecule has 0 spiro atoms. The van der Waals surface area contributed by atoms with Gasteiger partial charge in [-0.25, -0.2) is 0 Å². The van der Waals surface area contributed by atoms with Gasteiger partial charge in [-0.1, -0.05) is 232 Å². The summed E-state index contributed by atoms with van der Waals surface area (Å²) in [7, 11) is 0. The van der Waals surface area contributed by atoms with Crippen LogP contribution in [0.2, 0.25) is 0 Å². The molecule has 2 heteroatoms. The predicted molar refractivity (Wildman–Crippen MR) is 312 cm³/mol. The van der Waals surface area contributed by atoms with Gasteiger partial charge in [0.05, 0.1) is 28.1 Å². The van der Waals surface area contributed by atoms with E-state index in [1.165, 1.54) is 110 Å². The Kier molecular flexibility index (Phi) is 10.6. The average molecular weight is 931 g/mol. The van der Waals surface area contributed by atoms with E-state index >= 15 is 0 Å². The van der Waals surface area contributed by atoms with Crippen molar-refractivity contribution in [2.24, 2.45) is 0 Å². The van der Waals surface area contributed by atoms with Crippen LogP contribution in [0.1, 0.15) is 79.0 Å². The molecule has 0 aliphatic heterocycles. The number of hydrogen-bond acceptors (Lipinski definition) is 1. The lowest BCUT2D eigenvalue weighted by Gasteiger charge is -2.32. The molecule has 12 aromatic rings. The van der Waals surface area contributed by atoms with Gasteiger partial charge in [-0.3, -0.25) is 0 Å². The Balaban J connectivity index is 1.08. The molecule has 0 bridgehead atoms. The number of benzene rings is 11. The van der Waals surface area contributed by atoms with Crippen LogP contribution >= 0.6 is 0 Å².